The van der Waals surface area contributed by atoms with Gasteiger partial charge in [0, 0.05) is 44.7 Å². The maximum Gasteiger partial charge on any atom is 0.278 e. The number of hydrogen-bond donors (Lipinski definition) is 0. The van der Waals surface area contributed by atoms with Gasteiger partial charge in [-0.25, -0.2) is 9.97 Å². The molecule has 0 radical (unpaired) electrons. The van der Waals surface area contributed by atoms with E-state index in [-0.39, 0.29) is 49.8 Å². The van der Waals surface area contributed by atoms with E-state index in [0.717, 1.165) is 38.9 Å². The van der Waals surface area contributed by atoms with Crippen LogP contribution in [0, 0.1) is 11.3 Å². The molecule has 1 aromatic heterocycles. The fraction of sp³-hybridized carbons (Fsp3) is 0.632. The molecule has 2 saturated heterocycles. The molecule has 2 fully saturated rings. The number of hydrogen-bond acceptors (Lipinski definition) is 8. The first-order valence-corrected chi connectivity index (χ1v) is 9.70. The molecule has 9 nitrogen and oxygen atoms in total. The molecule has 2 amide bonds. The average Bonchev–Trinajstić information content (AvgIpc) is 3.03. The maximum atomic E-state index is 11.6. The van der Waals surface area contributed by atoms with Gasteiger partial charge in [-0.15, -0.1) is 0 Å². The fourth-order valence-electron chi connectivity index (χ4n) is 3.39. The van der Waals surface area contributed by atoms with Crippen LogP contribution in [0.2, 0.25) is 0 Å². The van der Waals surface area contributed by atoms with Gasteiger partial charge in [0.15, 0.2) is 0 Å². The summed E-state index contributed by atoms with van der Waals surface area (Å²) in [5.41, 5.74) is 0. The van der Waals surface area contributed by atoms with Gasteiger partial charge in [0.05, 0.1) is 12.6 Å². The first-order valence-electron chi connectivity index (χ1n) is 9.70. The third kappa shape index (κ3) is 5.39. The van der Waals surface area contributed by atoms with E-state index in [1.807, 2.05) is 0 Å². The van der Waals surface area contributed by atoms with Crippen molar-refractivity contribution in [3.8, 4) is 17.8 Å². The Balaban J connectivity index is 1.46. The Kier molecular flexibility index (Phi) is 7.14. The number of piperidine rings is 1. The molecule has 0 N–H and O–H groups in total. The van der Waals surface area contributed by atoms with Crippen LogP contribution >= 0.6 is 0 Å². The quantitative estimate of drug-likeness (QED) is 0.459. The average molecular weight is 387 g/mol. The Labute approximate surface area is 164 Å². The zero-order chi connectivity index (χ0) is 19.8. The summed E-state index contributed by atoms with van der Waals surface area (Å²) in [5.74, 6) is 0.291. The smallest absolute Gasteiger partial charge is 0.278 e. The minimum atomic E-state index is -0.161. The summed E-state index contributed by atoms with van der Waals surface area (Å²) in [6.07, 6.45) is 6.88. The van der Waals surface area contributed by atoms with Gasteiger partial charge in [-0.2, -0.15) is 5.26 Å². The Morgan fingerprint density at radius 3 is 2.43 bits per heavy atom. The minimum Gasteiger partial charge on any atom is -0.472 e. The van der Waals surface area contributed by atoms with Gasteiger partial charge in [0.1, 0.15) is 12.7 Å². The highest BCUT2D eigenvalue weighted by atomic mass is 16.5. The lowest BCUT2D eigenvalue weighted by Gasteiger charge is -2.31. The predicted octanol–water partition coefficient (Wildman–Crippen LogP) is 1.15. The monoisotopic (exact) mass is 387 g/mol. The molecular weight excluding hydrogens is 362 g/mol. The Bertz CT molecular complexity index is 711. The molecule has 28 heavy (non-hydrogen) atoms. The number of carbonyl (C=O) groups is 2. The van der Waals surface area contributed by atoms with Crippen LogP contribution in [0.4, 0.5) is 0 Å². The molecule has 0 atom stereocenters. The number of aromatic nitrogens is 2. The fourth-order valence-corrected chi connectivity index (χ4v) is 3.39. The van der Waals surface area contributed by atoms with Crippen molar-refractivity contribution in [1.29, 1.82) is 5.26 Å². The molecule has 0 spiro atoms. The lowest BCUT2D eigenvalue weighted by Crippen LogP contribution is -2.38. The Morgan fingerprint density at radius 2 is 1.75 bits per heavy atom. The number of carbonyl (C=O) groups excluding carboxylic acids is 2. The molecular formula is C19H25N5O4. The zero-order valence-corrected chi connectivity index (χ0v) is 15.9. The third-order valence-corrected chi connectivity index (χ3v) is 4.92. The van der Waals surface area contributed by atoms with E-state index in [1.54, 1.807) is 6.20 Å². The molecule has 0 aromatic carbocycles. The van der Waals surface area contributed by atoms with Crippen LogP contribution in [0.25, 0.3) is 0 Å². The van der Waals surface area contributed by atoms with Gasteiger partial charge < -0.3 is 14.4 Å². The number of ether oxygens (including phenoxy) is 2. The van der Waals surface area contributed by atoms with E-state index in [1.165, 1.54) is 11.1 Å². The van der Waals surface area contributed by atoms with E-state index >= 15 is 0 Å². The molecule has 0 unspecified atom stereocenters. The standard InChI is InChI=1S/C19H25N5O4/c20-7-1-2-10-23-11-5-15(6-12-23)28-19-18(21-8-9-22-19)27-14-13-24-16(25)3-4-17(24)26/h8-9,15H,1-6,10-14H2. The summed E-state index contributed by atoms with van der Waals surface area (Å²) < 4.78 is 11.6. The van der Waals surface area contributed by atoms with Gasteiger partial charge in [-0.05, 0) is 25.8 Å². The normalized spacial score (nSPS) is 18.3. The van der Waals surface area contributed by atoms with Crippen LogP contribution in [-0.4, -0.2) is 70.5 Å². The molecule has 2 aliphatic heterocycles. The summed E-state index contributed by atoms with van der Waals surface area (Å²) in [5, 5.41) is 8.63. The van der Waals surface area contributed by atoms with Crippen LogP contribution in [0.15, 0.2) is 12.4 Å². The zero-order valence-electron chi connectivity index (χ0n) is 15.9. The molecule has 3 rings (SSSR count). The molecule has 2 aliphatic rings. The lowest BCUT2D eigenvalue weighted by molar-refractivity contribution is -0.138. The molecule has 0 aliphatic carbocycles. The first kappa shape index (κ1) is 20.0. The maximum absolute atomic E-state index is 11.6. The largest absolute Gasteiger partial charge is 0.472 e. The van der Waals surface area contributed by atoms with Gasteiger partial charge in [-0.1, -0.05) is 0 Å². The second-order valence-electron chi connectivity index (χ2n) is 6.87. The summed E-state index contributed by atoms with van der Waals surface area (Å²) in [4.78, 5) is 35.2. The molecule has 150 valence electrons. The second kappa shape index (κ2) is 9.99. The topological polar surface area (TPSA) is 109 Å². The summed E-state index contributed by atoms with van der Waals surface area (Å²) in [6, 6.07) is 2.17. The molecule has 1 aromatic rings. The molecule has 0 saturated carbocycles. The van der Waals surface area contributed by atoms with Crippen molar-refractivity contribution >= 4 is 11.8 Å². The van der Waals surface area contributed by atoms with Crippen molar-refractivity contribution < 1.29 is 19.1 Å². The highest BCUT2D eigenvalue weighted by Crippen LogP contribution is 2.25. The van der Waals surface area contributed by atoms with Crippen molar-refractivity contribution in [2.24, 2.45) is 0 Å². The molecule has 0 bridgehead atoms. The summed E-state index contributed by atoms with van der Waals surface area (Å²) in [7, 11) is 0. The molecule has 9 heteroatoms. The minimum absolute atomic E-state index is 0.0352. The number of amides is 2. The second-order valence-corrected chi connectivity index (χ2v) is 6.87. The highest BCUT2D eigenvalue weighted by molar-refractivity contribution is 6.01. The number of nitriles is 1. The van der Waals surface area contributed by atoms with Crippen molar-refractivity contribution in [2.75, 3.05) is 32.8 Å². The lowest BCUT2D eigenvalue weighted by atomic mass is 10.1. The van der Waals surface area contributed by atoms with Crippen molar-refractivity contribution in [1.82, 2.24) is 19.8 Å². The summed E-state index contributed by atoms with van der Waals surface area (Å²) in [6.45, 7) is 3.14. The number of rotatable bonds is 9. The Morgan fingerprint density at radius 1 is 1.07 bits per heavy atom. The van der Waals surface area contributed by atoms with E-state index in [2.05, 4.69) is 20.9 Å². The Hall–Kier alpha value is -2.73. The van der Waals surface area contributed by atoms with E-state index in [4.69, 9.17) is 14.7 Å². The van der Waals surface area contributed by atoms with Crippen LogP contribution in [0.3, 0.4) is 0 Å². The van der Waals surface area contributed by atoms with Crippen molar-refractivity contribution in [3.63, 3.8) is 0 Å². The SMILES string of the molecule is N#CCCCN1CCC(Oc2nccnc2OCCN2C(=O)CCC2=O)CC1. The highest BCUT2D eigenvalue weighted by Gasteiger charge is 2.28. The first-order chi connectivity index (χ1) is 13.7. The number of likely N-dealkylation sites (tertiary alicyclic amines) is 2. The van der Waals surface area contributed by atoms with E-state index in [0.29, 0.717) is 12.3 Å². The number of imide groups is 1. The van der Waals surface area contributed by atoms with E-state index in [9.17, 15) is 9.59 Å². The predicted molar refractivity (Wildman–Crippen MR) is 98.4 cm³/mol. The third-order valence-electron chi connectivity index (χ3n) is 4.92. The van der Waals surface area contributed by atoms with Gasteiger partial charge in [0.2, 0.25) is 11.8 Å². The van der Waals surface area contributed by atoms with Crippen molar-refractivity contribution in [3.05, 3.63) is 12.4 Å². The number of nitrogens with zero attached hydrogens (tertiary/aromatic N) is 5. The van der Waals surface area contributed by atoms with Crippen LogP contribution < -0.4 is 9.47 Å². The number of unbranched alkanes of at least 4 members (excludes halogenated alkanes) is 1. The van der Waals surface area contributed by atoms with Gasteiger partial charge in [-0.3, -0.25) is 14.5 Å². The van der Waals surface area contributed by atoms with Crippen LogP contribution in [0.1, 0.15) is 38.5 Å². The van der Waals surface area contributed by atoms with Crippen LogP contribution in [0.5, 0.6) is 11.8 Å². The van der Waals surface area contributed by atoms with E-state index < -0.39 is 0 Å². The molecule has 3 heterocycles. The van der Waals surface area contributed by atoms with Gasteiger partial charge in [0.25, 0.3) is 11.8 Å². The van der Waals surface area contributed by atoms with Crippen molar-refractivity contribution in [2.45, 2.75) is 44.6 Å². The summed E-state index contributed by atoms with van der Waals surface area (Å²) >= 11 is 0. The van der Waals surface area contributed by atoms with Gasteiger partial charge >= 0.3 is 0 Å². The van der Waals surface area contributed by atoms with Crippen LogP contribution in [-0.2, 0) is 9.59 Å².